The van der Waals surface area contributed by atoms with Gasteiger partial charge in [-0.2, -0.15) is 0 Å². The van der Waals surface area contributed by atoms with E-state index >= 15 is 0 Å². The van der Waals surface area contributed by atoms with E-state index < -0.39 is 0 Å². The fourth-order valence-corrected chi connectivity index (χ4v) is 3.28. The van der Waals surface area contributed by atoms with Gasteiger partial charge in [-0.1, -0.05) is 43.8 Å². The summed E-state index contributed by atoms with van der Waals surface area (Å²) in [6.07, 6.45) is 1.76. The summed E-state index contributed by atoms with van der Waals surface area (Å²) in [5.74, 6) is 0.0422. The van der Waals surface area contributed by atoms with Crippen molar-refractivity contribution in [2.45, 2.75) is 58.4 Å². The molecule has 0 atom stereocenters. The number of carbonyl (C=O) groups is 1. The van der Waals surface area contributed by atoms with E-state index in [0.717, 1.165) is 29.7 Å². The molecule has 0 unspecified atom stereocenters. The first-order valence-corrected chi connectivity index (χ1v) is 10.2. The van der Waals surface area contributed by atoms with Gasteiger partial charge in [-0.3, -0.25) is 9.59 Å². The highest BCUT2D eigenvalue weighted by Crippen LogP contribution is 2.23. The van der Waals surface area contributed by atoms with Crippen LogP contribution in [0.5, 0.6) is 0 Å². The van der Waals surface area contributed by atoms with Crippen molar-refractivity contribution in [3.8, 4) is 0 Å². The number of H-pyrrole nitrogens is 1. The molecule has 1 heterocycles. The Morgan fingerprint density at radius 3 is 2.52 bits per heavy atom. The SMILES string of the molecule is CCc1cccc(CC)c1NC(=O)CSc1nc(COC(C)C)cc(=O)[nH]1. The van der Waals surface area contributed by atoms with Crippen molar-refractivity contribution in [1.82, 2.24) is 9.97 Å². The quantitative estimate of drug-likeness (QED) is 0.506. The third-order valence-corrected chi connectivity index (χ3v) is 4.81. The van der Waals surface area contributed by atoms with Gasteiger partial charge in [-0.25, -0.2) is 4.98 Å². The normalized spacial score (nSPS) is 11.0. The zero-order valence-corrected chi connectivity index (χ0v) is 17.1. The molecule has 0 aliphatic heterocycles. The van der Waals surface area contributed by atoms with E-state index in [1.54, 1.807) is 0 Å². The highest BCUT2D eigenvalue weighted by atomic mass is 32.2. The number of amides is 1. The van der Waals surface area contributed by atoms with E-state index in [-0.39, 0.29) is 29.9 Å². The van der Waals surface area contributed by atoms with Crippen LogP contribution in [0.4, 0.5) is 5.69 Å². The molecule has 0 spiro atoms. The minimum atomic E-state index is -0.250. The molecule has 6 nitrogen and oxygen atoms in total. The van der Waals surface area contributed by atoms with Gasteiger partial charge in [0.2, 0.25) is 5.91 Å². The molecule has 2 N–H and O–H groups in total. The standard InChI is InChI=1S/C20H27N3O3S/c1-5-14-8-7-9-15(6-2)19(14)22-18(25)12-27-20-21-16(10-17(24)23-20)11-26-13(3)4/h7-10,13H,5-6,11-12H2,1-4H3,(H,22,25)(H,21,23,24). The van der Waals surface area contributed by atoms with Gasteiger partial charge in [0, 0.05) is 11.8 Å². The highest BCUT2D eigenvalue weighted by Gasteiger charge is 2.12. The summed E-state index contributed by atoms with van der Waals surface area (Å²) in [4.78, 5) is 31.2. The maximum Gasteiger partial charge on any atom is 0.251 e. The molecule has 1 aromatic carbocycles. The fourth-order valence-electron chi connectivity index (χ4n) is 2.59. The predicted molar refractivity (Wildman–Crippen MR) is 109 cm³/mol. The molecular weight excluding hydrogens is 362 g/mol. The minimum absolute atomic E-state index is 0.0550. The Morgan fingerprint density at radius 1 is 1.26 bits per heavy atom. The summed E-state index contributed by atoms with van der Waals surface area (Å²) < 4.78 is 5.49. The second-order valence-electron chi connectivity index (χ2n) is 6.40. The van der Waals surface area contributed by atoms with Gasteiger partial charge in [-0.05, 0) is 37.8 Å². The van der Waals surface area contributed by atoms with Crippen LogP contribution in [-0.4, -0.2) is 27.7 Å². The molecule has 0 saturated carbocycles. The van der Waals surface area contributed by atoms with Crippen LogP contribution in [0.2, 0.25) is 0 Å². The van der Waals surface area contributed by atoms with Crippen molar-refractivity contribution in [1.29, 1.82) is 0 Å². The van der Waals surface area contributed by atoms with Crippen LogP contribution >= 0.6 is 11.8 Å². The number of thioether (sulfide) groups is 1. The molecule has 7 heteroatoms. The van der Waals surface area contributed by atoms with Crippen molar-refractivity contribution in [2.75, 3.05) is 11.1 Å². The number of nitrogens with one attached hydrogen (secondary N) is 2. The Labute approximate surface area is 164 Å². The maximum atomic E-state index is 12.4. The van der Waals surface area contributed by atoms with Crippen molar-refractivity contribution >= 4 is 23.4 Å². The average Bonchev–Trinajstić information content (AvgIpc) is 2.64. The van der Waals surface area contributed by atoms with Crippen molar-refractivity contribution in [2.24, 2.45) is 0 Å². The number of carbonyl (C=O) groups excluding carboxylic acids is 1. The summed E-state index contributed by atoms with van der Waals surface area (Å²) in [6, 6.07) is 7.48. The first-order chi connectivity index (χ1) is 12.9. The molecule has 2 rings (SSSR count). The van der Waals surface area contributed by atoms with E-state index in [0.29, 0.717) is 10.9 Å². The number of aryl methyl sites for hydroxylation is 2. The number of benzene rings is 1. The number of aromatic nitrogens is 2. The monoisotopic (exact) mass is 389 g/mol. The molecular formula is C20H27N3O3S. The Balaban J connectivity index is 2.03. The van der Waals surface area contributed by atoms with Gasteiger partial charge in [0.25, 0.3) is 5.56 Å². The van der Waals surface area contributed by atoms with Crippen molar-refractivity contribution in [3.63, 3.8) is 0 Å². The molecule has 1 aromatic heterocycles. The number of rotatable bonds is 9. The Hall–Kier alpha value is -2.12. The van der Waals surface area contributed by atoms with Crippen LogP contribution in [-0.2, 0) is 29.0 Å². The van der Waals surface area contributed by atoms with Crippen LogP contribution in [0.3, 0.4) is 0 Å². The van der Waals surface area contributed by atoms with Crippen LogP contribution in [0.25, 0.3) is 0 Å². The van der Waals surface area contributed by atoms with Gasteiger partial charge in [0.05, 0.1) is 24.2 Å². The molecule has 146 valence electrons. The van der Waals surface area contributed by atoms with E-state index in [1.165, 1.54) is 17.8 Å². The third kappa shape index (κ3) is 6.52. The van der Waals surface area contributed by atoms with Crippen LogP contribution in [0, 0.1) is 0 Å². The molecule has 0 bridgehead atoms. The van der Waals surface area contributed by atoms with Crippen LogP contribution in [0.15, 0.2) is 34.2 Å². The van der Waals surface area contributed by atoms with E-state index in [2.05, 4.69) is 29.1 Å². The lowest BCUT2D eigenvalue weighted by molar-refractivity contribution is -0.113. The van der Waals surface area contributed by atoms with E-state index in [4.69, 9.17) is 4.74 Å². The molecule has 27 heavy (non-hydrogen) atoms. The molecule has 0 radical (unpaired) electrons. The lowest BCUT2D eigenvalue weighted by Gasteiger charge is -2.14. The molecule has 1 amide bonds. The number of anilines is 1. The van der Waals surface area contributed by atoms with E-state index in [9.17, 15) is 9.59 Å². The average molecular weight is 390 g/mol. The number of nitrogens with zero attached hydrogens (tertiary/aromatic N) is 1. The zero-order chi connectivity index (χ0) is 19.8. The number of hydrogen-bond donors (Lipinski definition) is 2. The van der Waals surface area contributed by atoms with Gasteiger partial charge < -0.3 is 15.0 Å². The summed E-state index contributed by atoms with van der Waals surface area (Å²) in [5, 5.41) is 3.43. The summed E-state index contributed by atoms with van der Waals surface area (Å²) in [5.41, 5.74) is 3.44. The number of hydrogen-bond acceptors (Lipinski definition) is 5. The van der Waals surface area contributed by atoms with Gasteiger partial charge >= 0.3 is 0 Å². The Kier molecular flexibility index (Phi) is 8.06. The van der Waals surface area contributed by atoms with Crippen LogP contribution in [0.1, 0.15) is 44.5 Å². The highest BCUT2D eigenvalue weighted by molar-refractivity contribution is 7.99. The summed E-state index contributed by atoms with van der Waals surface area (Å²) in [7, 11) is 0. The molecule has 0 aliphatic carbocycles. The largest absolute Gasteiger partial charge is 0.373 e. The van der Waals surface area contributed by atoms with E-state index in [1.807, 2.05) is 32.0 Å². The predicted octanol–water partition coefficient (Wildman–Crippen LogP) is 3.55. The summed E-state index contributed by atoms with van der Waals surface area (Å²) in [6.45, 7) is 8.25. The van der Waals surface area contributed by atoms with Gasteiger partial charge in [0.15, 0.2) is 5.16 Å². The topological polar surface area (TPSA) is 84.1 Å². The second-order valence-corrected chi connectivity index (χ2v) is 7.36. The molecule has 0 saturated heterocycles. The number of para-hydroxylation sites is 1. The summed E-state index contributed by atoms with van der Waals surface area (Å²) >= 11 is 1.20. The van der Waals surface area contributed by atoms with Crippen molar-refractivity contribution in [3.05, 3.63) is 51.4 Å². The zero-order valence-electron chi connectivity index (χ0n) is 16.3. The second kappa shape index (κ2) is 10.3. The lowest BCUT2D eigenvalue weighted by atomic mass is 10.0. The molecule has 0 fully saturated rings. The third-order valence-electron chi connectivity index (χ3n) is 3.94. The van der Waals surface area contributed by atoms with Gasteiger partial charge in [0.1, 0.15) is 0 Å². The first kappa shape index (κ1) is 21.2. The van der Waals surface area contributed by atoms with Crippen LogP contribution < -0.4 is 10.9 Å². The lowest BCUT2D eigenvalue weighted by Crippen LogP contribution is -2.18. The molecule has 2 aromatic rings. The smallest absolute Gasteiger partial charge is 0.251 e. The Morgan fingerprint density at radius 2 is 1.93 bits per heavy atom. The number of ether oxygens (including phenoxy) is 1. The van der Waals surface area contributed by atoms with Gasteiger partial charge in [-0.15, -0.1) is 0 Å². The fraction of sp³-hybridized carbons (Fsp3) is 0.450. The maximum absolute atomic E-state index is 12.4. The molecule has 0 aliphatic rings. The van der Waals surface area contributed by atoms with Crippen molar-refractivity contribution < 1.29 is 9.53 Å². The first-order valence-electron chi connectivity index (χ1n) is 9.18. The minimum Gasteiger partial charge on any atom is -0.373 e. The number of aromatic amines is 1. The Bertz CT molecular complexity index is 811.